The summed E-state index contributed by atoms with van der Waals surface area (Å²) in [5.74, 6) is 0.869. The normalized spacial score (nSPS) is 10.6. The predicted molar refractivity (Wildman–Crippen MR) is 85.0 cm³/mol. The number of rotatable bonds is 3. The highest BCUT2D eigenvalue weighted by Crippen LogP contribution is 2.26. The second kappa shape index (κ2) is 5.44. The average molecular weight is 278 g/mol. The monoisotopic (exact) mass is 278 g/mol. The molecule has 0 aliphatic heterocycles. The molecule has 0 unspecified atom stereocenters. The van der Waals surface area contributed by atoms with Crippen LogP contribution in [0, 0.1) is 13.8 Å². The van der Waals surface area contributed by atoms with Crippen LogP contribution in [0.5, 0.6) is 5.75 Å². The van der Waals surface area contributed by atoms with Gasteiger partial charge in [-0.3, -0.25) is 0 Å². The Morgan fingerprint density at radius 2 is 1.62 bits per heavy atom. The fourth-order valence-electron chi connectivity index (χ4n) is 2.37. The van der Waals surface area contributed by atoms with Crippen molar-refractivity contribution in [1.82, 2.24) is 9.78 Å². The van der Waals surface area contributed by atoms with Crippen LogP contribution in [0.3, 0.4) is 0 Å². The van der Waals surface area contributed by atoms with Crippen molar-refractivity contribution in [3.8, 4) is 22.6 Å². The lowest BCUT2D eigenvalue weighted by Gasteiger charge is -2.10. The molecular formula is C18H18N2O. The van der Waals surface area contributed by atoms with Crippen molar-refractivity contribution in [3.05, 3.63) is 66.0 Å². The Labute approximate surface area is 124 Å². The largest absolute Gasteiger partial charge is 0.497 e. The summed E-state index contributed by atoms with van der Waals surface area (Å²) in [5, 5.41) is 4.50. The van der Waals surface area contributed by atoms with Crippen LogP contribution in [0.4, 0.5) is 0 Å². The van der Waals surface area contributed by atoms with Crippen LogP contribution in [-0.4, -0.2) is 16.9 Å². The first kappa shape index (κ1) is 13.4. The molecule has 0 amide bonds. The summed E-state index contributed by atoms with van der Waals surface area (Å²) in [6.45, 7) is 4.10. The van der Waals surface area contributed by atoms with Gasteiger partial charge in [0, 0.05) is 6.20 Å². The first-order valence-electron chi connectivity index (χ1n) is 6.95. The zero-order chi connectivity index (χ0) is 14.8. The Bertz CT molecular complexity index is 757. The molecule has 0 radical (unpaired) electrons. The molecule has 1 heterocycles. The minimum atomic E-state index is 0.869. The van der Waals surface area contributed by atoms with E-state index in [0.29, 0.717) is 0 Å². The lowest BCUT2D eigenvalue weighted by molar-refractivity contribution is 0.415. The van der Waals surface area contributed by atoms with Crippen molar-refractivity contribution in [2.24, 2.45) is 0 Å². The Morgan fingerprint density at radius 1 is 0.905 bits per heavy atom. The van der Waals surface area contributed by atoms with Crippen molar-refractivity contribution in [2.75, 3.05) is 7.11 Å². The number of ether oxygens (including phenoxy) is 1. The topological polar surface area (TPSA) is 27.1 Å². The standard InChI is InChI=1S/C18H18N2O/c1-13-4-5-16(15-6-8-17(21-3)9-7-15)12-18(13)20-11-10-14(2)19-20/h4-12H,1-3H3. The highest BCUT2D eigenvalue weighted by molar-refractivity contribution is 5.67. The zero-order valence-corrected chi connectivity index (χ0v) is 12.5. The van der Waals surface area contributed by atoms with E-state index in [1.165, 1.54) is 16.7 Å². The van der Waals surface area contributed by atoms with Gasteiger partial charge in [0.05, 0.1) is 18.5 Å². The first-order chi connectivity index (χ1) is 10.2. The minimum absolute atomic E-state index is 0.869. The van der Waals surface area contributed by atoms with Crippen LogP contribution in [0.1, 0.15) is 11.3 Å². The molecule has 1 aromatic heterocycles. The number of nitrogens with zero attached hydrogens (tertiary/aromatic N) is 2. The maximum atomic E-state index is 5.21. The Kier molecular flexibility index (Phi) is 3.48. The van der Waals surface area contributed by atoms with E-state index in [1.807, 2.05) is 36.0 Å². The van der Waals surface area contributed by atoms with Gasteiger partial charge in [-0.05, 0) is 54.8 Å². The second-order valence-corrected chi connectivity index (χ2v) is 5.13. The van der Waals surface area contributed by atoms with Gasteiger partial charge in [0.25, 0.3) is 0 Å². The fraction of sp³-hybridized carbons (Fsp3) is 0.167. The molecule has 3 nitrogen and oxygen atoms in total. The van der Waals surface area contributed by atoms with E-state index >= 15 is 0 Å². The molecule has 0 aliphatic carbocycles. The van der Waals surface area contributed by atoms with Gasteiger partial charge < -0.3 is 4.74 Å². The summed E-state index contributed by atoms with van der Waals surface area (Å²) >= 11 is 0. The van der Waals surface area contributed by atoms with Crippen molar-refractivity contribution in [1.29, 1.82) is 0 Å². The highest BCUT2D eigenvalue weighted by atomic mass is 16.5. The predicted octanol–water partition coefficient (Wildman–Crippen LogP) is 4.16. The number of hydrogen-bond acceptors (Lipinski definition) is 2. The SMILES string of the molecule is COc1ccc(-c2ccc(C)c(-n3ccc(C)n3)c2)cc1. The lowest BCUT2D eigenvalue weighted by atomic mass is 10.0. The van der Waals surface area contributed by atoms with Gasteiger partial charge in [-0.1, -0.05) is 24.3 Å². The molecule has 3 rings (SSSR count). The third-order valence-electron chi connectivity index (χ3n) is 3.60. The second-order valence-electron chi connectivity index (χ2n) is 5.13. The van der Waals surface area contributed by atoms with Crippen LogP contribution in [-0.2, 0) is 0 Å². The summed E-state index contributed by atoms with van der Waals surface area (Å²) in [5.41, 5.74) is 5.67. The van der Waals surface area contributed by atoms with Gasteiger partial charge in [0.1, 0.15) is 5.75 Å². The summed E-state index contributed by atoms with van der Waals surface area (Å²) in [6.07, 6.45) is 2.00. The number of benzene rings is 2. The summed E-state index contributed by atoms with van der Waals surface area (Å²) < 4.78 is 7.13. The van der Waals surface area contributed by atoms with Gasteiger partial charge in [-0.15, -0.1) is 0 Å². The minimum Gasteiger partial charge on any atom is -0.497 e. The van der Waals surface area contributed by atoms with Crippen molar-refractivity contribution in [2.45, 2.75) is 13.8 Å². The Balaban J connectivity index is 2.04. The molecule has 21 heavy (non-hydrogen) atoms. The van der Waals surface area contributed by atoms with Gasteiger partial charge in [-0.2, -0.15) is 5.10 Å². The average Bonchev–Trinajstić information content (AvgIpc) is 2.94. The Hall–Kier alpha value is -2.55. The number of aromatic nitrogens is 2. The van der Waals surface area contributed by atoms with E-state index in [1.54, 1.807) is 7.11 Å². The summed E-state index contributed by atoms with van der Waals surface area (Å²) in [4.78, 5) is 0. The lowest BCUT2D eigenvalue weighted by Crippen LogP contribution is -1.98. The van der Waals surface area contributed by atoms with E-state index in [0.717, 1.165) is 17.1 Å². The van der Waals surface area contributed by atoms with Gasteiger partial charge >= 0.3 is 0 Å². The molecule has 0 atom stereocenters. The molecule has 106 valence electrons. The van der Waals surface area contributed by atoms with Crippen LogP contribution >= 0.6 is 0 Å². The van der Waals surface area contributed by atoms with Crippen LogP contribution in [0.2, 0.25) is 0 Å². The van der Waals surface area contributed by atoms with Crippen molar-refractivity contribution < 1.29 is 4.74 Å². The number of hydrogen-bond donors (Lipinski definition) is 0. The molecule has 0 N–H and O–H groups in total. The van der Waals surface area contributed by atoms with E-state index in [2.05, 4.69) is 42.4 Å². The quantitative estimate of drug-likeness (QED) is 0.719. The van der Waals surface area contributed by atoms with Crippen molar-refractivity contribution in [3.63, 3.8) is 0 Å². The molecule has 2 aromatic carbocycles. The van der Waals surface area contributed by atoms with E-state index in [4.69, 9.17) is 4.74 Å². The van der Waals surface area contributed by atoms with E-state index in [-0.39, 0.29) is 0 Å². The van der Waals surface area contributed by atoms with E-state index < -0.39 is 0 Å². The zero-order valence-electron chi connectivity index (χ0n) is 12.5. The molecule has 0 saturated carbocycles. The first-order valence-corrected chi connectivity index (χ1v) is 6.95. The molecule has 3 aromatic rings. The molecule has 0 aliphatic rings. The molecular weight excluding hydrogens is 260 g/mol. The summed E-state index contributed by atoms with van der Waals surface area (Å²) in [7, 11) is 1.68. The summed E-state index contributed by atoms with van der Waals surface area (Å²) in [6, 6.07) is 16.6. The highest BCUT2D eigenvalue weighted by Gasteiger charge is 2.06. The molecule has 0 bridgehead atoms. The van der Waals surface area contributed by atoms with Gasteiger partial charge in [0.2, 0.25) is 0 Å². The van der Waals surface area contributed by atoms with Crippen molar-refractivity contribution >= 4 is 0 Å². The van der Waals surface area contributed by atoms with E-state index in [9.17, 15) is 0 Å². The smallest absolute Gasteiger partial charge is 0.118 e. The number of aryl methyl sites for hydroxylation is 2. The number of methoxy groups -OCH3 is 1. The fourth-order valence-corrected chi connectivity index (χ4v) is 2.37. The van der Waals surface area contributed by atoms with Crippen LogP contribution < -0.4 is 4.74 Å². The van der Waals surface area contributed by atoms with Crippen LogP contribution in [0.25, 0.3) is 16.8 Å². The molecule has 3 heteroatoms. The van der Waals surface area contributed by atoms with Gasteiger partial charge in [-0.25, -0.2) is 4.68 Å². The Morgan fingerprint density at radius 3 is 2.24 bits per heavy atom. The third kappa shape index (κ3) is 2.68. The van der Waals surface area contributed by atoms with Gasteiger partial charge in [0.15, 0.2) is 0 Å². The molecule has 0 fully saturated rings. The van der Waals surface area contributed by atoms with Crippen LogP contribution in [0.15, 0.2) is 54.7 Å². The maximum absolute atomic E-state index is 5.21. The maximum Gasteiger partial charge on any atom is 0.118 e. The molecule has 0 saturated heterocycles. The third-order valence-corrected chi connectivity index (χ3v) is 3.60. The molecule has 0 spiro atoms.